The zero-order chi connectivity index (χ0) is 13.8. The molecule has 0 unspecified atom stereocenters. The summed E-state index contributed by atoms with van der Waals surface area (Å²) in [5, 5.41) is 12.4. The number of aromatic nitrogens is 1. The van der Waals surface area contributed by atoms with Crippen LogP contribution >= 0.6 is 11.3 Å². The quantitative estimate of drug-likeness (QED) is 0.863. The Morgan fingerprint density at radius 3 is 2.61 bits per heavy atom. The van der Waals surface area contributed by atoms with E-state index in [1.165, 1.54) is 5.38 Å². The first-order chi connectivity index (χ1) is 8.28. The van der Waals surface area contributed by atoms with Crippen molar-refractivity contribution in [3.63, 3.8) is 0 Å². The second-order valence-electron chi connectivity index (χ2n) is 3.32. The number of rotatable bonds is 5. The monoisotopic (exact) mass is 282 g/mol. The van der Waals surface area contributed by atoms with E-state index in [2.05, 4.69) is 10.3 Å². The average Bonchev–Trinajstić information content (AvgIpc) is 2.71. The molecule has 0 aliphatic carbocycles. The molecule has 0 atom stereocenters. The van der Waals surface area contributed by atoms with Gasteiger partial charge in [0, 0.05) is 11.8 Å². The van der Waals surface area contributed by atoms with Gasteiger partial charge >= 0.3 is 12.1 Å². The molecule has 2 N–H and O–H groups in total. The molecule has 0 aliphatic heterocycles. The van der Waals surface area contributed by atoms with Gasteiger partial charge in [-0.1, -0.05) is 0 Å². The Bertz CT molecular complexity index is 445. The summed E-state index contributed by atoms with van der Waals surface area (Å²) in [6, 6.07) is 0. The molecule has 0 radical (unpaired) electrons. The lowest BCUT2D eigenvalue weighted by molar-refractivity contribution is -0.144. The number of carboxylic acids is 1. The molecule has 1 aromatic heterocycles. The lowest BCUT2D eigenvalue weighted by atomic mass is 10.3. The van der Waals surface area contributed by atoms with E-state index >= 15 is 0 Å². The van der Waals surface area contributed by atoms with E-state index < -0.39 is 30.9 Å². The maximum atomic E-state index is 11.8. The van der Waals surface area contributed by atoms with E-state index in [0.717, 1.165) is 11.3 Å². The first-order valence-electron chi connectivity index (χ1n) is 4.79. The maximum Gasteiger partial charge on any atom is 0.389 e. The second-order valence-corrected chi connectivity index (χ2v) is 4.27. The van der Waals surface area contributed by atoms with Crippen molar-refractivity contribution in [3.05, 3.63) is 16.1 Å². The zero-order valence-corrected chi connectivity index (χ0v) is 9.77. The smallest absolute Gasteiger partial charge is 0.389 e. The number of alkyl halides is 3. The van der Waals surface area contributed by atoms with E-state index in [9.17, 15) is 22.8 Å². The molecule has 1 aromatic rings. The molecular weight excluding hydrogens is 273 g/mol. The van der Waals surface area contributed by atoms with Gasteiger partial charge in [-0.2, -0.15) is 13.2 Å². The van der Waals surface area contributed by atoms with E-state index in [4.69, 9.17) is 5.11 Å². The highest BCUT2D eigenvalue weighted by molar-refractivity contribution is 7.09. The molecule has 5 nitrogen and oxygen atoms in total. The topological polar surface area (TPSA) is 79.3 Å². The summed E-state index contributed by atoms with van der Waals surface area (Å²) in [4.78, 5) is 25.2. The number of carbonyl (C=O) groups excluding carboxylic acids is 1. The van der Waals surface area contributed by atoms with Crippen LogP contribution in [0.3, 0.4) is 0 Å². The number of thiazole rings is 1. The van der Waals surface area contributed by atoms with Crippen molar-refractivity contribution in [3.8, 4) is 0 Å². The van der Waals surface area contributed by atoms with Crippen molar-refractivity contribution < 1.29 is 27.9 Å². The second kappa shape index (κ2) is 5.80. The van der Waals surface area contributed by atoms with Gasteiger partial charge in [-0.3, -0.25) is 4.79 Å². The van der Waals surface area contributed by atoms with Crippen LogP contribution in [0.5, 0.6) is 0 Å². The summed E-state index contributed by atoms with van der Waals surface area (Å²) >= 11 is 1.01. The van der Waals surface area contributed by atoms with E-state index in [-0.39, 0.29) is 12.2 Å². The van der Waals surface area contributed by atoms with Crippen LogP contribution in [0.4, 0.5) is 13.2 Å². The van der Waals surface area contributed by atoms with Gasteiger partial charge in [0.05, 0.1) is 13.0 Å². The van der Waals surface area contributed by atoms with Crippen molar-refractivity contribution in [2.24, 2.45) is 0 Å². The molecule has 9 heteroatoms. The van der Waals surface area contributed by atoms with Gasteiger partial charge in [0.25, 0.3) is 0 Å². The fraction of sp³-hybridized carbons (Fsp3) is 0.444. The molecule has 0 spiro atoms. The molecule has 1 rings (SSSR count). The van der Waals surface area contributed by atoms with Crippen LogP contribution in [-0.2, 0) is 11.3 Å². The van der Waals surface area contributed by atoms with Crippen LogP contribution in [0.15, 0.2) is 5.38 Å². The molecular formula is C9H9F3N2O3S. The Labute approximate surface area is 104 Å². The van der Waals surface area contributed by atoms with Crippen LogP contribution in [-0.4, -0.2) is 28.1 Å². The van der Waals surface area contributed by atoms with E-state index in [1.54, 1.807) is 0 Å². The minimum atomic E-state index is -4.37. The van der Waals surface area contributed by atoms with Crippen LogP contribution < -0.4 is 5.32 Å². The Kier molecular flexibility index (Phi) is 4.65. The van der Waals surface area contributed by atoms with Crippen molar-refractivity contribution in [1.82, 2.24) is 10.3 Å². The first-order valence-corrected chi connectivity index (χ1v) is 5.67. The number of nitrogens with zero attached hydrogens (tertiary/aromatic N) is 1. The highest BCUT2D eigenvalue weighted by atomic mass is 32.1. The van der Waals surface area contributed by atoms with Crippen molar-refractivity contribution in [2.75, 3.05) is 0 Å². The van der Waals surface area contributed by atoms with Gasteiger partial charge in [0.1, 0.15) is 5.01 Å². The Morgan fingerprint density at radius 2 is 2.11 bits per heavy atom. The summed E-state index contributed by atoms with van der Waals surface area (Å²) in [7, 11) is 0. The predicted octanol–water partition coefficient (Wildman–Crippen LogP) is 1.80. The van der Waals surface area contributed by atoms with Crippen molar-refractivity contribution in [1.29, 1.82) is 0 Å². The average molecular weight is 282 g/mol. The summed E-state index contributed by atoms with van der Waals surface area (Å²) in [5.74, 6) is -1.94. The molecule has 1 heterocycles. The third-order valence-electron chi connectivity index (χ3n) is 1.84. The molecule has 100 valence electrons. The van der Waals surface area contributed by atoms with Gasteiger partial charge in [0.15, 0.2) is 5.69 Å². The summed E-state index contributed by atoms with van der Waals surface area (Å²) in [6.45, 7) is -0.0748. The highest BCUT2D eigenvalue weighted by Crippen LogP contribution is 2.21. The van der Waals surface area contributed by atoms with E-state index in [0.29, 0.717) is 5.01 Å². The van der Waals surface area contributed by atoms with Crippen LogP contribution in [0.2, 0.25) is 0 Å². The molecule has 18 heavy (non-hydrogen) atoms. The Balaban J connectivity index is 2.36. The number of amides is 1. The molecule has 0 aliphatic rings. The minimum Gasteiger partial charge on any atom is -0.476 e. The predicted molar refractivity (Wildman–Crippen MR) is 56.2 cm³/mol. The Morgan fingerprint density at radius 1 is 1.44 bits per heavy atom. The normalized spacial score (nSPS) is 11.3. The third-order valence-corrected chi connectivity index (χ3v) is 2.69. The number of hydrogen-bond acceptors (Lipinski definition) is 4. The van der Waals surface area contributed by atoms with Crippen LogP contribution in [0.25, 0.3) is 0 Å². The SMILES string of the molecule is O=C(CCC(F)(F)F)NCc1nc(C(=O)O)cs1. The third kappa shape index (κ3) is 5.13. The standard InChI is InChI=1S/C9H9F3N2O3S/c10-9(11,12)2-1-6(15)13-3-7-14-5(4-18-7)8(16)17/h4H,1-3H2,(H,13,15)(H,16,17). The summed E-state index contributed by atoms with van der Waals surface area (Å²) in [5.41, 5.74) is -0.153. The largest absolute Gasteiger partial charge is 0.476 e. The first kappa shape index (κ1) is 14.4. The van der Waals surface area contributed by atoms with Gasteiger partial charge in [-0.05, 0) is 0 Å². The van der Waals surface area contributed by atoms with Gasteiger partial charge in [-0.25, -0.2) is 9.78 Å². The fourth-order valence-electron chi connectivity index (χ4n) is 1.01. The van der Waals surface area contributed by atoms with Gasteiger partial charge in [0.2, 0.25) is 5.91 Å². The maximum absolute atomic E-state index is 11.8. The van der Waals surface area contributed by atoms with Crippen molar-refractivity contribution in [2.45, 2.75) is 25.6 Å². The lowest BCUT2D eigenvalue weighted by Gasteiger charge is -2.05. The van der Waals surface area contributed by atoms with Crippen LogP contribution in [0, 0.1) is 0 Å². The molecule has 0 saturated carbocycles. The molecule has 0 fully saturated rings. The lowest BCUT2D eigenvalue weighted by Crippen LogP contribution is -2.24. The molecule has 1 amide bonds. The zero-order valence-electron chi connectivity index (χ0n) is 8.95. The molecule has 0 bridgehead atoms. The number of carbonyl (C=O) groups is 2. The molecule has 0 saturated heterocycles. The van der Waals surface area contributed by atoms with Gasteiger partial charge in [-0.15, -0.1) is 11.3 Å². The highest BCUT2D eigenvalue weighted by Gasteiger charge is 2.27. The number of halogens is 3. The van der Waals surface area contributed by atoms with Crippen LogP contribution in [0.1, 0.15) is 28.3 Å². The minimum absolute atomic E-state index is 0.0748. The summed E-state index contributed by atoms with van der Waals surface area (Å²) in [6.07, 6.45) is -6.20. The van der Waals surface area contributed by atoms with Gasteiger partial charge < -0.3 is 10.4 Å². The number of nitrogens with one attached hydrogen (secondary N) is 1. The van der Waals surface area contributed by atoms with Crippen molar-refractivity contribution >= 4 is 23.2 Å². The number of aromatic carboxylic acids is 1. The fourth-order valence-corrected chi connectivity index (χ4v) is 1.72. The number of hydrogen-bond donors (Lipinski definition) is 2. The van der Waals surface area contributed by atoms with E-state index in [1.807, 2.05) is 0 Å². The molecule has 0 aromatic carbocycles. The Hall–Kier alpha value is -1.64. The summed E-state index contributed by atoms with van der Waals surface area (Å²) < 4.78 is 35.4. The number of carboxylic acid groups (broad SMARTS) is 1.